The Kier molecular flexibility index (Phi) is 3.47. The van der Waals surface area contributed by atoms with Crippen molar-refractivity contribution in [3.63, 3.8) is 0 Å². The van der Waals surface area contributed by atoms with E-state index >= 15 is 0 Å². The summed E-state index contributed by atoms with van der Waals surface area (Å²) in [6.07, 6.45) is 0. The highest BCUT2D eigenvalue weighted by Gasteiger charge is 2.11. The third-order valence-corrected chi connectivity index (χ3v) is 3.42. The minimum Gasteiger partial charge on any atom is -0.436 e. The van der Waals surface area contributed by atoms with Crippen molar-refractivity contribution in [3.05, 3.63) is 64.7 Å². The summed E-state index contributed by atoms with van der Waals surface area (Å²) in [6, 6.07) is 16.9. The maximum Gasteiger partial charge on any atom is 0.237 e. The first kappa shape index (κ1) is 13.4. The summed E-state index contributed by atoms with van der Waals surface area (Å²) in [5.41, 5.74) is 2.18. The maximum atomic E-state index is 9.28. The van der Waals surface area contributed by atoms with E-state index in [1.54, 1.807) is 12.1 Å². The van der Waals surface area contributed by atoms with E-state index in [0.29, 0.717) is 16.3 Å². The zero-order valence-corrected chi connectivity index (χ0v) is 12.1. The second kappa shape index (κ2) is 5.43. The van der Waals surface area contributed by atoms with Crippen LogP contribution in [0.2, 0.25) is 5.02 Å². The van der Waals surface area contributed by atoms with Crippen molar-refractivity contribution in [1.82, 2.24) is 4.98 Å². The van der Waals surface area contributed by atoms with E-state index in [0.717, 1.165) is 16.5 Å². The van der Waals surface area contributed by atoms with E-state index in [4.69, 9.17) is 16.3 Å². The third kappa shape index (κ3) is 2.67. The lowest BCUT2D eigenvalue weighted by atomic mass is 10.1. The number of benzene rings is 2. The van der Waals surface area contributed by atoms with Crippen LogP contribution in [0, 0.1) is 18.3 Å². The highest BCUT2D eigenvalue weighted by Crippen LogP contribution is 2.32. The Labute approximate surface area is 127 Å². The Morgan fingerprint density at radius 3 is 2.76 bits per heavy atom. The summed E-state index contributed by atoms with van der Waals surface area (Å²) in [5.74, 6) is 0.764. The van der Waals surface area contributed by atoms with Gasteiger partial charge in [-0.15, -0.1) is 0 Å². The molecule has 0 saturated heterocycles. The second-order valence-electron chi connectivity index (χ2n) is 4.68. The van der Waals surface area contributed by atoms with Crippen molar-refractivity contribution >= 4 is 22.5 Å². The summed E-state index contributed by atoms with van der Waals surface area (Å²) < 4.78 is 5.75. The third-order valence-electron chi connectivity index (χ3n) is 3.10. The number of aromatic nitrogens is 1. The predicted molar refractivity (Wildman–Crippen MR) is 82.7 cm³/mol. The van der Waals surface area contributed by atoms with Crippen LogP contribution in [0.4, 0.5) is 0 Å². The Morgan fingerprint density at radius 1 is 1.14 bits per heavy atom. The van der Waals surface area contributed by atoms with Crippen LogP contribution in [-0.2, 0) is 0 Å². The number of nitriles is 1. The van der Waals surface area contributed by atoms with Crippen LogP contribution in [0.15, 0.2) is 48.5 Å². The number of hydrogen-bond acceptors (Lipinski definition) is 3. The molecule has 1 heterocycles. The lowest BCUT2D eigenvalue weighted by Crippen LogP contribution is -1.94. The summed E-state index contributed by atoms with van der Waals surface area (Å²) in [4.78, 5) is 4.41. The van der Waals surface area contributed by atoms with Gasteiger partial charge in [0, 0.05) is 5.39 Å². The minimum atomic E-state index is 0.267. The molecule has 102 valence electrons. The van der Waals surface area contributed by atoms with Gasteiger partial charge < -0.3 is 4.74 Å². The molecule has 0 spiro atoms. The fourth-order valence-electron chi connectivity index (χ4n) is 2.05. The first-order valence-corrected chi connectivity index (χ1v) is 6.79. The molecule has 4 heteroatoms. The number of nitrogens with zero attached hydrogens (tertiary/aromatic N) is 2. The molecule has 0 radical (unpaired) electrons. The molecule has 0 N–H and O–H groups in total. The summed E-state index contributed by atoms with van der Waals surface area (Å²) in [5, 5.41) is 10.7. The highest BCUT2D eigenvalue weighted by atomic mass is 35.5. The quantitative estimate of drug-likeness (QED) is 0.678. The van der Waals surface area contributed by atoms with Gasteiger partial charge >= 0.3 is 0 Å². The van der Waals surface area contributed by atoms with Gasteiger partial charge in [0.25, 0.3) is 0 Å². The van der Waals surface area contributed by atoms with Crippen molar-refractivity contribution in [1.29, 1.82) is 5.26 Å². The SMILES string of the molecule is Cc1ccc(Cl)c(Oc2nc3ccccc3cc2C#N)c1. The van der Waals surface area contributed by atoms with Crippen LogP contribution >= 0.6 is 11.6 Å². The molecule has 0 atom stereocenters. The average Bonchev–Trinajstić information content (AvgIpc) is 2.50. The number of pyridine rings is 1. The van der Waals surface area contributed by atoms with Gasteiger partial charge in [0.1, 0.15) is 17.4 Å². The Balaban J connectivity index is 2.11. The largest absolute Gasteiger partial charge is 0.436 e. The van der Waals surface area contributed by atoms with E-state index in [-0.39, 0.29) is 5.88 Å². The molecule has 3 rings (SSSR count). The monoisotopic (exact) mass is 294 g/mol. The molecule has 0 bridgehead atoms. The number of aryl methyl sites for hydroxylation is 1. The van der Waals surface area contributed by atoms with Crippen molar-refractivity contribution < 1.29 is 4.74 Å². The van der Waals surface area contributed by atoms with Crippen molar-refractivity contribution in [2.75, 3.05) is 0 Å². The molecular weight excluding hydrogens is 284 g/mol. The second-order valence-corrected chi connectivity index (χ2v) is 5.09. The van der Waals surface area contributed by atoms with Gasteiger partial charge in [-0.3, -0.25) is 0 Å². The van der Waals surface area contributed by atoms with Crippen molar-refractivity contribution in [2.45, 2.75) is 6.92 Å². The lowest BCUT2D eigenvalue weighted by molar-refractivity contribution is 0.463. The Bertz CT molecular complexity index is 868. The first-order valence-electron chi connectivity index (χ1n) is 6.41. The fraction of sp³-hybridized carbons (Fsp3) is 0.0588. The topological polar surface area (TPSA) is 45.9 Å². The molecule has 0 fully saturated rings. The maximum absolute atomic E-state index is 9.28. The summed E-state index contributed by atoms with van der Waals surface area (Å²) >= 11 is 6.12. The van der Waals surface area contributed by atoms with E-state index in [2.05, 4.69) is 11.1 Å². The zero-order valence-electron chi connectivity index (χ0n) is 11.3. The number of rotatable bonds is 2. The van der Waals surface area contributed by atoms with E-state index in [9.17, 15) is 5.26 Å². The van der Waals surface area contributed by atoms with Crippen LogP contribution in [0.1, 0.15) is 11.1 Å². The summed E-state index contributed by atoms with van der Waals surface area (Å²) in [6.45, 7) is 1.95. The number of para-hydroxylation sites is 1. The van der Waals surface area contributed by atoms with Crippen molar-refractivity contribution in [2.24, 2.45) is 0 Å². The number of halogens is 1. The highest BCUT2D eigenvalue weighted by molar-refractivity contribution is 6.32. The smallest absolute Gasteiger partial charge is 0.237 e. The molecule has 3 nitrogen and oxygen atoms in total. The van der Waals surface area contributed by atoms with Gasteiger partial charge in [-0.2, -0.15) is 5.26 Å². The van der Waals surface area contributed by atoms with Gasteiger partial charge in [0.05, 0.1) is 10.5 Å². The molecule has 0 aliphatic heterocycles. The number of ether oxygens (including phenoxy) is 1. The van der Waals surface area contributed by atoms with Gasteiger partial charge in [-0.25, -0.2) is 4.98 Å². The van der Waals surface area contributed by atoms with Gasteiger partial charge in [0.2, 0.25) is 5.88 Å². The number of fused-ring (bicyclic) bond motifs is 1. The molecular formula is C17H11ClN2O. The molecule has 2 aromatic carbocycles. The van der Waals surface area contributed by atoms with E-state index in [1.807, 2.05) is 43.3 Å². The normalized spacial score (nSPS) is 10.3. The van der Waals surface area contributed by atoms with Gasteiger partial charge in [-0.05, 0) is 36.8 Å². The van der Waals surface area contributed by atoms with Crippen LogP contribution in [0.5, 0.6) is 11.6 Å². The Morgan fingerprint density at radius 2 is 1.95 bits per heavy atom. The van der Waals surface area contributed by atoms with Crippen LogP contribution < -0.4 is 4.74 Å². The molecule has 3 aromatic rings. The standard InChI is InChI=1S/C17H11ClN2O/c1-11-6-7-14(18)16(8-11)21-17-13(10-19)9-12-4-2-3-5-15(12)20-17/h2-9H,1H3. The van der Waals surface area contributed by atoms with Gasteiger partial charge in [-0.1, -0.05) is 35.9 Å². The number of hydrogen-bond donors (Lipinski definition) is 0. The molecule has 0 aliphatic carbocycles. The molecule has 1 aromatic heterocycles. The predicted octanol–water partition coefficient (Wildman–Crippen LogP) is 4.86. The van der Waals surface area contributed by atoms with E-state index in [1.165, 1.54) is 0 Å². The van der Waals surface area contributed by atoms with Crippen LogP contribution in [0.25, 0.3) is 10.9 Å². The minimum absolute atomic E-state index is 0.267. The zero-order chi connectivity index (χ0) is 14.8. The van der Waals surface area contributed by atoms with Crippen LogP contribution in [0.3, 0.4) is 0 Å². The molecule has 0 aliphatic rings. The molecule has 0 amide bonds. The van der Waals surface area contributed by atoms with Crippen molar-refractivity contribution in [3.8, 4) is 17.7 Å². The summed E-state index contributed by atoms with van der Waals surface area (Å²) in [7, 11) is 0. The lowest BCUT2D eigenvalue weighted by Gasteiger charge is -2.10. The molecule has 21 heavy (non-hydrogen) atoms. The van der Waals surface area contributed by atoms with Gasteiger partial charge in [0.15, 0.2) is 0 Å². The molecule has 0 saturated carbocycles. The fourth-order valence-corrected chi connectivity index (χ4v) is 2.21. The Hall–Kier alpha value is -2.57. The first-order chi connectivity index (χ1) is 10.2. The molecule has 0 unspecified atom stereocenters. The average molecular weight is 295 g/mol. The van der Waals surface area contributed by atoms with Crippen LogP contribution in [-0.4, -0.2) is 4.98 Å². The van der Waals surface area contributed by atoms with E-state index < -0.39 is 0 Å².